The third kappa shape index (κ3) is 6.71. The van der Waals surface area contributed by atoms with Gasteiger partial charge in [0.2, 0.25) is 5.95 Å². The monoisotopic (exact) mass is 529 g/mol. The molecule has 1 aliphatic heterocycles. The third-order valence-corrected chi connectivity index (χ3v) is 6.32. The van der Waals surface area contributed by atoms with Crippen LogP contribution in [-0.2, 0) is 14.3 Å². The van der Waals surface area contributed by atoms with Gasteiger partial charge < -0.3 is 25.1 Å². The molecule has 11 heteroatoms. The molecule has 3 heterocycles. The number of nitrogens with two attached hydrogens (primary N) is 1. The van der Waals surface area contributed by atoms with Crippen molar-refractivity contribution in [3.05, 3.63) is 75.5 Å². The Kier molecular flexibility index (Phi) is 8.21. The molecule has 1 aliphatic rings. The first-order valence-corrected chi connectivity index (χ1v) is 12.3. The van der Waals surface area contributed by atoms with Gasteiger partial charge in [-0.05, 0) is 56.5 Å². The molecule has 0 aliphatic carbocycles. The molecule has 2 aromatic heterocycles. The van der Waals surface area contributed by atoms with Gasteiger partial charge in [-0.3, -0.25) is 9.59 Å². The number of pyridine rings is 1. The molecule has 37 heavy (non-hydrogen) atoms. The molecule has 0 bridgehead atoms. The number of nitrogens with one attached hydrogen (secondary N) is 1. The summed E-state index contributed by atoms with van der Waals surface area (Å²) >= 11 is 5.84. The second kappa shape index (κ2) is 11.4. The fourth-order valence-corrected chi connectivity index (χ4v) is 4.04. The minimum Gasteiger partial charge on any atom is -0.462 e. The van der Waals surface area contributed by atoms with Crippen LogP contribution in [0.15, 0.2) is 53.6 Å². The number of nitrogens with zero attached hydrogens (tertiary/aromatic N) is 3. The van der Waals surface area contributed by atoms with Crippen LogP contribution in [-0.4, -0.2) is 51.9 Å². The molecule has 1 aromatic carbocycles. The van der Waals surface area contributed by atoms with Gasteiger partial charge in [0, 0.05) is 43.3 Å². The lowest BCUT2D eigenvalue weighted by molar-refractivity contribution is -0.149. The van der Waals surface area contributed by atoms with E-state index in [4.69, 9.17) is 26.8 Å². The van der Waals surface area contributed by atoms with Gasteiger partial charge in [0.05, 0.1) is 16.8 Å². The Balaban J connectivity index is 1.62. The summed E-state index contributed by atoms with van der Waals surface area (Å²) in [7, 11) is 0. The van der Waals surface area contributed by atoms with Crippen LogP contribution in [0.1, 0.15) is 38.3 Å². The Morgan fingerprint density at radius 3 is 2.73 bits per heavy atom. The third-order valence-electron chi connectivity index (χ3n) is 6.02. The first-order valence-electron chi connectivity index (χ1n) is 11.9. The van der Waals surface area contributed by atoms with Crippen LogP contribution in [0.4, 0.5) is 10.3 Å². The van der Waals surface area contributed by atoms with Crippen molar-refractivity contribution in [3.63, 3.8) is 0 Å². The number of aromatic nitrogens is 3. The molecule has 0 amide bonds. The first kappa shape index (κ1) is 26.7. The van der Waals surface area contributed by atoms with Gasteiger partial charge in [-0.25, -0.2) is 14.4 Å². The molecule has 4 rings (SSSR count). The molecule has 1 saturated heterocycles. The molecule has 1 fully saturated rings. The van der Waals surface area contributed by atoms with Crippen molar-refractivity contribution in [2.24, 2.45) is 5.73 Å². The quantitative estimate of drug-likeness (QED) is 0.425. The average Bonchev–Trinajstić information content (AvgIpc) is 2.87. The van der Waals surface area contributed by atoms with E-state index < -0.39 is 28.9 Å². The molecule has 196 valence electrons. The molecule has 1 atom stereocenters. The number of ether oxygens (including phenoxy) is 2. The number of carbonyl (C=O) groups excluding carboxylic acids is 1. The van der Waals surface area contributed by atoms with Crippen LogP contribution in [0.3, 0.4) is 0 Å². The largest absolute Gasteiger partial charge is 0.462 e. The summed E-state index contributed by atoms with van der Waals surface area (Å²) in [5.74, 6) is -0.827. The fraction of sp³-hybridized carbons (Fsp3) is 0.385. The normalized spacial score (nSPS) is 15.3. The summed E-state index contributed by atoms with van der Waals surface area (Å²) < 4.78 is 26.4. The van der Waals surface area contributed by atoms with Crippen LogP contribution in [0, 0.1) is 5.82 Å². The van der Waals surface area contributed by atoms with E-state index in [0.717, 1.165) is 12.8 Å². The lowest BCUT2D eigenvalue weighted by Crippen LogP contribution is -2.43. The number of rotatable bonds is 8. The number of esters is 1. The molecule has 0 radical (unpaired) electrons. The minimum atomic E-state index is -1.23. The summed E-state index contributed by atoms with van der Waals surface area (Å²) in [6.07, 6.45) is 4.91. The summed E-state index contributed by atoms with van der Waals surface area (Å²) in [5, 5.41) is 3.26. The van der Waals surface area contributed by atoms with E-state index in [1.54, 1.807) is 30.6 Å². The van der Waals surface area contributed by atoms with E-state index in [9.17, 15) is 14.0 Å². The van der Waals surface area contributed by atoms with Crippen molar-refractivity contribution in [1.29, 1.82) is 0 Å². The van der Waals surface area contributed by atoms with E-state index >= 15 is 0 Å². The Labute approximate surface area is 218 Å². The second-order valence-electron chi connectivity index (χ2n) is 9.47. The zero-order chi connectivity index (χ0) is 26.6. The van der Waals surface area contributed by atoms with Crippen LogP contribution >= 0.6 is 11.6 Å². The molecule has 3 aromatic rings. The van der Waals surface area contributed by atoms with Gasteiger partial charge in [0.1, 0.15) is 18.0 Å². The Hall–Kier alpha value is -3.34. The van der Waals surface area contributed by atoms with Gasteiger partial charge >= 0.3 is 5.97 Å². The van der Waals surface area contributed by atoms with Gasteiger partial charge in [-0.15, -0.1) is 0 Å². The molecule has 9 nitrogen and oxygen atoms in total. The van der Waals surface area contributed by atoms with E-state index in [1.165, 1.54) is 36.6 Å². The number of carbonyl (C=O) groups is 1. The van der Waals surface area contributed by atoms with Crippen molar-refractivity contribution < 1.29 is 18.7 Å². The maximum absolute atomic E-state index is 14.3. The Morgan fingerprint density at radius 2 is 2.05 bits per heavy atom. The second-order valence-corrected chi connectivity index (χ2v) is 9.87. The maximum atomic E-state index is 14.3. The molecule has 0 unspecified atom stereocenters. The maximum Gasteiger partial charge on any atom is 0.325 e. The highest BCUT2D eigenvalue weighted by Crippen LogP contribution is 2.25. The van der Waals surface area contributed by atoms with Crippen LogP contribution in [0.25, 0.3) is 11.3 Å². The van der Waals surface area contributed by atoms with Crippen molar-refractivity contribution in [2.45, 2.75) is 44.3 Å². The van der Waals surface area contributed by atoms with Gasteiger partial charge in [-0.1, -0.05) is 17.7 Å². The van der Waals surface area contributed by atoms with E-state index in [-0.39, 0.29) is 17.7 Å². The molecule has 0 saturated carbocycles. The highest BCUT2D eigenvalue weighted by Gasteiger charge is 2.26. The molecule has 3 N–H and O–H groups in total. The van der Waals surface area contributed by atoms with Crippen molar-refractivity contribution in [1.82, 2.24) is 14.5 Å². The van der Waals surface area contributed by atoms with Crippen LogP contribution < -0.4 is 16.6 Å². The minimum absolute atomic E-state index is 0.0563. The molecule has 0 spiro atoms. The Morgan fingerprint density at radius 1 is 1.30 bits per heavy atom. The lowest BCUT2D eigenvalue weighted by Gasteiger charge is -2.24. The average molecular weight is 530 g/mol. The van der Waals surface area contributed by atoms with Crippen LogP contribution in [0.2, 0.25) is 5.02 Å². The highest BCUT2D eigenvalue weighted by molar-refractivity contribution is 6.30. The van der Waals surface area contributed by atoms with Crippen molar-refractivity contribution >= 4 is 23.5 Å². The zero-order valence-corrected chi connectivity index (χ0v) is 21.4. The van der Waals surface area contributed by atoms with Crippen LogP contribution in [0.5, 0.6) is 0 Å². The zero-order valence-electron chi connectivity index (χ0n) is 20.6. The van der Waals surface area contributed by atoms with E-state index in [0.29, 0.717) is 36.0 Å². The number of benzene rings is 1. The van der Waals surface area contributed by atoms with Gasteiger partial charge in [-0.2, -0.15) is 0 Å². The molecular formula is C26H29ClFN5O4. The lowest BCUT2D eigenvalue weighted by atomic mass is 10.1. The summed E-state index contributed by atoms with van der Waals surface area (Å²) in [5.41, 5.74) is 5.77. The number of halogens is 2. The highest BCUT2D eigenvalue weighted by atomic mass is 35.5. The SMILES string of the molecule is CC(C)(N)C(=O)OC[C@@H](c1ccc(Cl)c(F)c1)n1ccc(-c2ccnc(NC3CCOCC3)n2)cc1=O. The van der Waals surface area contributed by atoms with Gasteiger partial charge in [0.25, 0.3) is 5.56 Å². The smallest absolute Gasteiger partial charge is 0.325 e. The summed E-state index contributed by atoms with van der Waals surface area (Å²) in [6, 6.07) is 8.45. The standard InChI is InChI=1S/C26H29ClFN5O4/c1-26(2,29)24(35)37-15-22(17-3-4-19(27)20(28)13-17)33-10-6-16(14-23(33)34)21-5-9-30-25(32-21)31-18-7-11-36-12-8-18/h3-6,9-10,13-14,18,22H,7-8,11-12,15,29H2,1-2H3,(H,30,31,32)/t22-/m0/s1. The summed E-state index contributed by atoms with van der Waals surface area (Å²) in [6.45, 7) is 4.17. The number of anilines is 1. The Bertz CT molecular complexity index is 1320. The van der Waals surface area contributed by atoms with Crippen molar-refractivity contribution in [3.8, 4) is 11.3 Å². The predicted octanol–water partition coefficient (Wildman–Crippen LogP) is 3.56. The van der Waals surface area contributed by atoms with Crippen molar-refractivity contribution in [2.75, 3.05) is 25.1 Å². The number of hydrogen-bond acceptors (Lipinski definition) is 8. The first-order chi connectivity index (χ1) is 17.6. The van der Waals surface area contributed by atoms with E-state index in [2.05, 4.69) is 15.3 Å². The fourth-order valence-electron chi connectivity index (χ4n) is 3.92. The van der Waals surface area contributed by atoms with Gasteiger partial charge in [0.15, 0.2) is 0 Å². The molecular weight excluding hydrogens is 501 g/mol. The topological polar surface area (TPSA) is 121 Å². The van der Waals surface area contributed by atoms with E-state index in [1.807, 2.05) is 0 Å². The predicted molar refractivity (Wildman–Crippen MR) is 138 cm³/mol. The summed E-state index contributed by atoms with van der Waals surface area (Å²) in [4.78, 5) is 34.4. The number of hydrogen-bond donors (Lipinski definition) is 2.